The first kappa shape index (κ1) is 10.4. The molecule has 0 bridgehead atoms. The molecule has 0 amide bonds. The third-order valence-electron chi connectivity index (χ3n) is 2.52. The third-order valence-corrected chi connectivity index (χ3v) is 3.11. The summed E-state index contributed by atoms with van der Waals surface area (Å²) in [5.74, 6) is 1.27. The summed E-state index contributed by atoms with van der Waals surface area (Å²) in [5.41, 5.74) is 0. The number of hydrogen-bond donors (Lipinski definition) is 1. The van der Waals surface area contributed by atoms with E-state index >= 15 is 0 Å². The molecule has 1 heterocycles. The normalized spacial score (nSPS) is 27.0. The summed E-state index contributed by atoms with van der Waals surface area (Å²) in [6.07, 6.45) is 3.48. The van der Waals surface area contributed by atoms with Gasteiger partial charge in [0.1, 0.15) is 0 Å². The predicted molar refractivity (Wildman–Crippen MR) is 56.9 cm³/mol. The largest absolute Gasteiger partial charge is 0.315 e. The summed E-state index contributed by atoms with van der Waals surface area (Å²) in [6, 6.07) is 0.771. The first-order valence-electron chi connectivity index (χ1n) is 4.78. The lowest BCUT2D eigenvalue weighted by molar-refractivity contribution is 0.234. The summed E-state index contributed by atoms with van der Waals surface area (Å²) >= 11 is 1.94. The zero-order chi connectivity index (χ0) is 8.81. The molecule has 0 aromatic heterocycles. The Bertz CT molecular complexity index is 119. The number of nitrogens with zero attached hydrogens (tertiary/aromatic N) is 1. The van der Waals surface area contributed by atoms with Crippen LogP contribution in [0.25, 0.3) is 0 Å². The zero-order valence-electron chi connectivity index (χ0n) is 8.18. The molecule has 1 aliphatic heterocycles. The highest BCUT2D eigenvalue weighted by molar-refractivity contribution is 7.98. The molecule has 0 aromatic carbocycles. The summed E-state index contributed by atoms with van der Waals surface area (Å²) < 4.78 is 0. The summed E-state index contributed by atoms with van der Waals surface area (Å²) in [6.45, 7) is 7.18. The van der Waals surface area contributed by atoms with Gasteiger partial charge in [-0.1, -0.05) is 0 Å². The van der Waals surface area contributed by atoms with Crippen LogP contribution in [0.3, 0.4) is 0 Å². The van der Waals surface area contributed by atoms with Gasteiger partial charge in [-0.3, -0.25) is 4.90 Å². The second-order valence-corrected chi connectivity index (χ2v) is 4.40. The Hall–Kier alpha value is 0.270. The van der Waals surface area contributed by atoms with Gasteiger partial charge in [-0.15, -0.1) is 0 Å². The Kier molecular flexibility index (Phi) is 5.04. The van der Waals surface area contributed by atoms with Gasteiger partial charge in [0, 0.05) is 31.4 Å². The van der Waals surface area contributed by atoms with Crippen molar-refractivity contribution in [1.29, 1.82) is 0 Å². The molecule has 1 rings (SSSR count). The van der Waals surface area contributed by atoms with E-state index in [1.807, 2.05) is 11.8 Å². The number of nitrogens with one attached hydrogen (secondary N) is 1. The summed E-state index contributed by atoms with van der Waals surface area (Å²) in [7, 11) is 0. The molecule has 0 aromatic rings. The molecule has 0 radical (unpaired) electrons. The van der Waals surface area contributed by atoms with Crippen LogP contribution in [0.15, 0.2) is 0 Å². The standard InChI is InChI=1S/C9H20N2S/c1-9-3-4-10-5-6-11(9)7-8-12-2/h9-10H,3-8H2,1-2H3. The average Bonchev–Trinajstić information content (AvgIpc) is 2.27. The van der Waals surface area contributed by atoms with Crippen LogP contribution in [0, 0.1) is 0 Å². The van der Waals surface area contributed by atoms with Crippen molar-refractivity contribution >= 4 is 11.8 Å². The highest BCUT2D eigenvalue weighted by Gasteiger charge is 2.14. The first-order valence-corrected chi connectivity index (χ1v) is 6.17. The zero-order valence-corrected chi connectivity index (χ0v) is 8.99. The highest BCUT2D eigenvalue weighted by Crippen LogP contribution is 2.06. The van der Waals surface area contributed by atoms with Crippen LogP contribution in [0.1, 0.15) is 13.3 Å². The van der Waals surface area contributed by atoms with Gasteiger partial charge in [0.2, 0.25) is 0 Å². The van der Waals surface area contributed by atoms with Gasteiger partial charge >= 0.3 is 0 Å². The maximum absolute atomic E-state index is 3.44. The lowest BCUT2D eigenvalue weighted by Gasteiger charge is -2.25. The third kappa shape index (κ3) is 3.33. The molecule has 1 aliphatic rings. The summed E-state index contributed by atoms with van der Waals surface area (Å²) in [4.78, 5) is 2.59. The van der Waals surface area contributed by atoms with Crippen molar-refractivity contribution in [2.24, 2.45) is 0 Å². The molecule has 3 heteroatoms. The van der Waals surface area contributed by atoms with Crippen molar-refractivity contribution in [2.45, 2.75) is 19.4 Å². The van der Waals surface area contributed by atoms with Crippen LogP contribution in [-0.2, 0) is 0 Å². The van der Waals surface area contributed by atoms with Gasteiger partial charge in [-0.05, 0) is 26.1 Å². The Morgan fingerprint density at radius 1 is 1.50 bits per heavy atom. The van der Waals surface area contributed by atoms with Crippen molar-refractivity contribution in [1.82, 2.24) is 10.2 Å². The van der Waals surface area contributed by atoms with E-state index in [1.165, 1.54) is 38.4 Å². The maximum Gasteiger partial charge on any atom is 0.0110 e. The van der Waals surface area contributed by atoms with Gasteiger partial charge in [0.05, 0.1) is 0 Å². The topological polar surface area (TPSA) is 15.3 Å². The molecule has 1 fully saturated rings. The molecule has 1 atom stereocenters. The fourth-order valence-electron chi connectivity index (χ4n) is 1.60. The van der Waals surface area contributed by atoms with E-state index in [-0.39, 0.29) is 0 Å². The Morgan fingerprint density at radius 3 is 3.08 bits per heavy atom. The SMILES string of the molecule is CSCCN1CCNCCC1C. The average molecular weight is 188 g/mol. The van der Waals surface area contributed by atoms with E-state index in [0.29, 0.717) is 0 Å². The van der Waals surface area contributed by atoms with E-state index in [1.54, 1.807) is 0 Å². The minimum Gasteiger partial charge on any atom is -0.315 e. The predicted octanol–water partition coefficient (Wildman–Crippen LogP) is 1.03. The van der Waals surface area contributed by atoms with E-state index in [2.05, 4.69) is 23.4 Å². The fourth-order valence-corrected chi connectivity index (χ4v) is 2.02. The molecule has 0 saturated carbocycles. The summed E-state index contributed by atoms with van der Waals surface area (Å²) in [5, 5.41) is 3.44. The molecule has 1 N–H and O–H groups in total. The van der Waals surface area contributed by atoms with Crippen molar-refractivity contribution in [3.8, 4) is 0 Å². The monoisotopic (exact) mass is 188 g/mol. The fraction of sp³-hybridized carbons (Fsp3) is 1.00. The highest BCUT2D eigenvalue weighted by atomic mass is 32.2. The van der Waals surface area contributed by atoms with Gasteiger partial charge in [-0.2, -0.15) is 11.8 Å². The van der Waals surface area contributed by atoms with Gasteiger partial charge in [0.15, 0.2) is 0 Å². The second kappa shape index (κ2) is 5.84. The van der Waals surface area contributed by atoms with Crippen LogP contribution < -0.4 is 5.32 Å². The van der Waals surface area contributed by atoms with Crippen LogP contribution in [0.4, 0.5) is 0 Å². The van der Waals surface area contributed by atoms with Crippen molar-refractivity contribution < 1.29 is 0 Å². The molecule has 72 valence electrons. The Labute approximate surface area is 80.1 Å². The van der Waals surface area contributed by atoms with Crippen LogP contribution >= 0.6 is 11.8 Å². The van der Waals surface area contributed by atoms with Crippen molar-refractivity contribution in [3.05, 3.63) is 0 Å². The lowest BCUT2D eigenvalue weighted by atomic mass is 10.2. The Morgan fingerprint density at radius 2 is 2.33 bits per heavy atom. The molecule has 0 aliphatic carbocycles. The minimum absolute atomic E-state index is 0.771. The van der Waals surface area contributed by atoms with Gasteiger partial charge in [-0.25, -0.2) is 0 Å². The molecule has 12 heavy (non-hydrogen) atoms. The van der Waals surface area contributed by atoms with Crippen LogP contribution in [0.5, 0.6) is 0 Å². The smallest absolute Gasteiger partial charge is 0.0110 e. The van der Waals surface area contributed by atoms with E-state index in [9.17, 15) is 0 Å². The molecule has 0 spiro atoms. The minimum atomic E-state index is 0.771. The Balaban J connectivity index is 2.26. The van der Waals surface area contributed by atoms with Gasteiger partial charge in [0.25, 0.3) is 0 Å². The molecular weight excluding hydrogens is 168 g/mol. The second-order valence-electron chi connectivity index (χ2n) is 3.42. The van der Waals surface area contributed by atoms with Gasteiger partial charge < -0.3 is 5.32 Å². The number of thioether (sulfide) groups is 1. The molecule has 1 saturated heterocycles. The molecule has 1 unspecified atom stereocenters. The number of hydrogen-bond acceptors (Lipinski definition) is 3. The quantitative estimate of drug-likeness (QED) is 0.712. The van der Waals surface area contributed by atoms with Crippen molar-refractivity contribution in [3.63, 3.8) is 0 Å². The first-order chi connectivity index (χ1) is 5.84. The van der Waals surface area contributed by atoms with Crippen LogP contribution in [0.2, 0.25) is 0 Å². The molecule has 2 nitrogen and oxygen atoms in total. The van der Waals surface area contributed by atoms with E-state index < -0.39 is 0 Å². The maximum atomic E-state index is 3.44. The number of rotatable bonds is 3. The van der Waals surface area contributed by atoms with Crippen LogP contribution in [-0.4, -0.2) is 49.1 Å². The van der Waals surface area contributed by atoms with Crippen molar-refractivity contribution in [2.75, 3.05) is 38.2 Å². The lowest BCUT2D eigenvalue weighted by Crippen LogP contribution is -2.35. The molecular formula is C9H20N2S. The van der Waals surface area contributed by atoms with E-state index in [4.69, 9.17) is 0 Å². The van der Waals surface area contributed by atoms with E-state index in [0.717, 1.165) is 6.04 Å².